The van der Waals surface area contributed by atoms with E-state index in [9.17, 15) is 15.3 Å². The number of ether oxygens (including phenoxy) is 2. The third kappa shape index (κ3) is 11.4. The summed E-state index contributed by atoms with van der Waals surface area (Å²) in [4.78, 5) is 0. The van der Waals surface area contributed by atoms with E-state index in [0.717, 1.165) is 19.3 Å². The van der Waals surface area contributed by atoms with Gasteiger partial charge in [0.05, 0.1) is 13.2 Å². The highest BCUT2D eigenvalue weighted by atomic mass is 16.7. The lowest BCUT2D eigenvalue weighted by Crippen LogP contribution is -2.46. The summed E-state index contributed by atoms with van der Waals surface area (Å²) in [5.74, 6) is -0.698. The molecule has 0 bridgehead atoms. The van der Waals surface area contributed by atoms with Gasteiger partial charge in [-0.15, -0.1) is 0 Å². The van der Waals surface area contributed by atoms with Crippen LogP contribution in [0.3, 0.4) is 0 Å². The predicted molar refractivity (Wildman–Crippen MR) is 119 cm³/mol. The predicted octanol–water partition coefficient (Wildman–Crippen LogP) is 5.10. The minimum atomic E-state index is -1.49. The third-order valence-electron chi connectivity index (χ3n) is 5.86. The molecule has 1 heterocycles. The fourth-order valence-corrected chi connectivity index (χ4v) is 3.82. The van der Waals surface area contributed by atoms with Crippen molar-refractivity contribution in [2.24, 2.45) is 0 Å². The summed E-state index contributed by atoms with van der Waals surface area (Å²) < 4.78 is 10.6. The maximum Gasteiger partial charge on any atom is 0.322 e. The molecule has 0 saturated carbocycles. The average molecular weight is 431 g/mol. The molecule has 3 atom stereocenters. The maximum atomic E-state index is 9.79. The van der Waals surface area contributed by atoms with Gasteiger partial charge in [0.25, 0.3) is 0 Å². The Balaban J connectivity index is 1.89. The van der Waals surface area contributed by atoms with E-state index in [0.29, 0.717) is 6.61 Å². The zero-order chi connectivity index (χ0) is 22.0. The molecule has 178 valence electrons. The van der Waals surface area contributed by atoms with Gasteiger partial charge < -0.3 is 29.9 Å². The van der Waals surface area contributed by atoms with Crippen molar-refractivity contribution >= 4 is 0 Å². The molecule has 0 fully saturated rings. The first-order valence-corrected chi connectivity index (χ1v) is 12.3. The van der Waals surface area contributed by atoms with Gasteiger partial charge in [-0.2, -0.15) is 0 Å². The van der Waals surface area contributed by atoms with Gasteiger partial charge in [0.15, 0.2) is 6.10 Å². The van der Waals surface area contributed by atoms with Gasteiger partial charge in [0, 0.05) is 0 Å². The van der Waals surface area contributed by atoms with Crippen molar-refractivity contribution in [2.75, 3.05) is 13.2 Å². The van der Waals surface area contributed by atoms with Gasteiger partial charge in [-0.3, -0.25) is 0 Å². The standard InChI is InChI=1S/C24H46O6/c1-2-3-4-5-6-7-8-9-10-11-12-13-14-15-16-17-18-29-24-23(28)22(27)21(26)20(19-25)30-24/h20-22,25-28H,2-19H2,1H3/t20-,21-,22+/m1/s1. The van der Waals surface area contributed by atoms with Crippen molar-refractivity contribution in [2.45, 2.75) is 128 Å². The van der Waals surface area contributed by atoms with E-state index in [4.69, 9.17) is 14.6 Å². The van der Waals surface area contributed by atoms with E-state index in [1.165, 1.54) is 83.5 Å². The normalized spacial score (nSPS) is 21.7. The quantitative estimate of drug-likeness (QED) is 0.213. The molecule has 1 aliphatic rings. The average Bonchev–Trinajstić information content (AvgIpc) is 2.75. The molecule has 6 nitrogen and oxygen atoms in total. The molecule has 0 spiro atoms. The number of rotatable bonds is 19. The van der Waals surface area contributed by atoms with Gasteiger partial charge >= 0.3 is 5.95 Å². The molecule has 0 amide bonds. The second kappa shape index (κ2) is 17.7. The molecule has 0 aliphatic carbocycles. The lowest BCUT2D eigenvalue weighted by Gasteiger charge is -2.31. The minimum absolute atomic E-state index is 0.187. The van der Waals surface area contributed by atoms with Crippen molar-refractivity contribution in [3.8, 4) is 0 Å². The molecule has 30 heavy (non-hydrogen) atoms. The highest BCUT2D eigenvalue weighted by Crippen LogP contribution is 2.24. The van der Waals surface area contributed by atoms with Crippen LogP contribution in [-0.4, -0.2) is 52.0 Å². The van der Waals surface area contributed by atoms with Crippen LogP contribution >= 0.6 is 0 Å². The van der Waals surface area contributed by atoms with Crippen LogP contribution in [0.4, 0.5) is 0 Å². The number of aliphatic hydroxyl groups is 4. The zero-order valence-electron chi connectivity index (χ0n) is 19.1. The first kappa shape index (κ1) is 27.1. The number of hydrogen-bond acceptors (Lipinski definition) is 6. The number of unbranched alkanes of at least 4 members (excludes halogenated alkanes) is 15. The van der Waals surface area contributed by atoms with Crippen LogP contribution in [0.15, 0.2) is 11.7 Å². The second-order valence-corrected chi connectivity index (χ2v) is 8.60. The first-order chi connectivity index (χ1) is 14.6. The molecule has 0 radical (unpaired) electrons. The maximum absolute atomic E-state index is 9.79. The SMILES string of the molecule is CCCCCCCCCCCCCCCCCCOC1=C(O)[C@@H](O)[C@H](O)[C@@H](CO)O1. The van der Waals surface area contributed by atoms with Gasteiger partial charge in [-0.25, -0.2) is 0 Å². The van der Waals surface area contributed by atoms with Gasteiger partial charge in [-0.05, 0) is 6.42 Å². The lowest BCUT2D eigenvalue weighted by atomic mass is 10.0. The smallest absolute Gasteiger partial charge is 0.322 e. The Morgan fingerprint density at radius 2 is 1.17 bits per heavy atom. The molecule has 0 saturated heterocycles. The first-order valence-electron chi connectivity index (χ1n) is 12.3. The van der Waals surface area contributed by atoms with E-state index in [1.807, 2.05) is 0 Å². The Morgan fingerprint density at radius 1 is 0.733 bits per heavy atom. The topological polar surface area (TPSA) is 99.4 Å². The Labute approximate surface area is 183 Å². The molecule has 1 rings (SSSR count). The summed E-state index contributed by atoms with van der Waals surface area (Å²) in [5.41, 5.74) is 0. The Bertz CT molecular complexity index is 439. The highest BCUT2D eigenvalue weighted by Gasteiger charge is 2.39. The van der Waals surface area contributed by atoms with Crippen molar-refractivity contribution in [1.82, 2.24) is 0 Å². The molecular formula is C24H46O6. The van der Waals surface area contributed by atoms with Gasteiger partial charge in [0.1, 0.15) is 12.2 Å². The molecule has 4 N–H and O–H groups in total. The number of hydrogen-bond donors (Lipinski definition) is 4. The van der Waals surface area contributed by atoms with Crippen LogP contribution in [0.1, 0.15) is 110 Å². The van der Waals surface area contributed by atoms with E-state index in [2.05, 4.69) is 6.92 Å². The molecular weight excluding hydrogens is 384 g/mol. The number of aliphatic hydroxyl groups excluding tert-OH is 4. The molecule has 0 aromatic heterocycles. The summed E-state index contributed by atoms with van der Waals surface area (Å²) >= 11 is 0. The van der Waals surface area contributed by atoms with Crippen molar-refractivity contribution in [1.29, 1.82) is 0 Å². The molecule has 0 aromatic carbocycles. The van der Waals surface area contributed by atoms with Crippen molar-refractivity contribution in [3.63, 3.8) is 0 Å². The Kier molecular flexibility index (Phi) is 15.9. The van der Waals surface area contributed by atoms with E-state index in [-0.39, 0.29) is 5.95 Å². The third-order valence-corrected chi connectivity index (χ3v) is 5.86. The minimum Gasteiger partial charge on any atom is -0.504 e. The van der Waals surface area contributed by atoms with Gasteiger partial charge in [0.2, 0.25) is 5.76 Å². The molecule has 0 unspecified atom stereocenters. The van der Waals surface area contributed by atoms with Crippen LogP contribution < -0.4 is 0 Å². The molecule has 6 heteroatoms. The zero-order valence-corrected chi connectivity index (χ0v) is 19.1. The summed E-state index contributed by atoms with van der Waals surface area (Å²) in [7, 11) is 0. The van der Waals surface area contributed by atoms with Crippen molar-refractivity contribution < 1.29 is 29.9 Å². The summed E-state index contributed by atoms with van der Waals surface area (Å²) in [6, 6.07) is 0. The van der Waals surface area contributed by atoms with E-state index < -0.39 is 30.7 Å². The summed E-state index contributed by atoms with van der Waals surface area (Å²) in [6.45, 7) is 2.18. The van der Waals surface area contributed by atoms with E-state index in [1.54, 1.807) is 0 Å². The summed E-state index contributed by atoms with van der Waals surface area (Å²) in [5, 5.41) is 38.3. The van der Waals surface area contributed by atoms with Crippen LogP contribution in [0.2, 0.25) is 0 Å². The molecule has 0 aromatic rings. The van der Waals surface area contributed by atoms with Crippen LogP contribution in [0, 0.1) is 0 Å². The fraction of sp³-hybridized carbons (Fsp3) is 0.917. The Morgan fingerprint density at radius 3 is 1.60 bits per heavy atom. The lowest BCUT2D eigenvalue weighted by molar-refractivity contribution is -0.148. The van der Waals surface area contributed by atoms with Crippen molar-refractivity contribution in [3.05, 3.63) is 11.7 Å². The van der Waals surface area contributed by atoms with Crippen LogP contribution in [0.25, 0.3) is 0 Å². The van der Waals surface area contributed by atoms with Crippen LogP contribution in [-0.2, 0) is 9.47 Å². The summed E-state index contributed by atoms with van der Waals surface area (Å²) in [6.07, 6.45) is 16.9. The largest absolute Gasteiger partial charge is 0.504 e. The highest BCUT2D eigenvalue weighted by molar-refractivity contribution is 5.08. The van der Waals surface area contributed by atoms with E-state index >= 15 is 0 Å². The second-order valence-electron chi connectivity index (χ2n) is 8.60. The molecule has 1 aliphatic heterocycles. The monoisotopic (exact) mass is 430 g/mol. The van der Waals surface area contributed by atoms with Crippen LogP contribution in [0.5, 0.6) is 0 Å². The fourth-order valence-electron chi connectivity index (χ4n) is 3.82. The Hall–Kier alpha value is -0.980. The van der Waals surface area contributed by atoms with Gasteiger partial charge in [-0.1, -0.05) is 103 Å².